The van der Waals surface area contributed by atoms with Gasteiger partial charge in [-0.05, 0) is 49.4 Å². The van der Waals surface area contributed by atoms with E-state index < -0.39 is 0 Å². The molecule has 0 bridgehead atoms. The molecule has 4 N–H and O–H groups in total. The van der Waals surface area contributed by atoms with Gasteiger partial charge in [-0.15, -0.1) is 13.2 Å². The molecule has 7 heteroatoms. The minimum atomic E-state index is -0.322. The zero-order valence-corrected chi connectivity index (χ0v) is 16.1. The van der Waals surface area contributed by atoms with Crippen LogP contribution in [0.15, 0.2) is 49.6 Å². The summed E-state index contributed by atoms with van der Waals surface area (Å²) >= 11 is 0. The highest BCUT2D eigenvalue weighted by molar-refractivity contribution is 5.95. The number of Topliss-reactive ketones (excluding diaryl/α,β-unsaturated/α-hetero) is 1. The molecule has 3 rings (SSSR count). The molecule has 1 fully saturated rings. The number of nitrogens with two attached hydrogens (primary N) is 2. The highest BCUT2D eigenvalue weighted by atomic mass is 19.1. The van der Waals surface area contributed by atoms with E-state index in [1.165, 1.54) is 12.1 Å². The number of piperazine rings is 1. The Morgan fingerprint density at radius 1 is 1.04 bits per heavy atom. The van der Waals surface area contributed by atoms with Gasteiger partial charge in [-0.2, -0.15) is 0 Å². The van der Waals surface area contributed by atoms with E-state index in [-0.39, 0.29) is 11.6 Å². The van der Waals surface area contributed by atoms with Gasteiger partial charge in [-0.3, -0.25) is 9.69 Å². The first-order valence-electron chi connectivity index (χ1n) is 9.31. The van der Waals surface area contributed by atoms with E-state index in [1.54, 1.807) is 18.2 Å². The zero-order valence-electron chi connectivity index (χ0n) is 16.1. The Hall–Kier alpha value is -2.93. The number of hydrogen-bond donors (Lipinski definition) is 2. The summed E-state index contributed by atoms with van der Waals surface area (Å²) in [6.45, 7) is 10.4. The van der Waals surface area contributed by atoms with E-state index in [9.17, 15) is 9.18 Å². The van der Waals surface area contributed by atoms with Crippen molar-refractivity contribution in [3.63, 3.8) is 0 Å². The van der Waals surface area contributed by atoms with Gasteiger partial charge in [0.2, 0.25) is 0 Å². The van der Waals surface area contributed by atoms with Gasteiger partial charge >= 0.3 is 0 Å². The molecule has 28 heavy (non-hydrogen) atoms. The average Bonchev–Trinajstić information content (AvgIpc) is 2.72. The smallest absolute Gasteiger partial charge is 0.162 e. The van der Waals surface area contributed by atoms with Crippen molar-refractivity contribution in [1.29, 1.82) is 0 Å². The number of rotatable bonds is 6. The fourth-order valence-corrected chi connectivity index (χ4v) is 3.09. The van der Waals surface area contributed by atoms with Gasteiger partial charge in [0.05, 0.1) is 5.69 Å². The van der Waals surface area contributed by atoms with Crippen LogP contribution in [-0.2, 0) is 0 Å². The summed E-state index contributed by atoms with van der Waals surface area (Å²) in [5.74, 6) is 0.953. The van der Waals surface area contributed by atoms with Crippen molar-refractivity contribution in [2.24, 2.45) is 0 Å². The number of ketones is 1. The Labute approximate surface area is 165 Å². The predicted molar refractivity (Wildman–Crippen MR) is 113 cm³/mol. The van der Waals surface area contributed by atoms with Crippen LogP contribution in [0.5, 0.6) is 0 Å². The summed E-state index contributed by atoms with van der Waals surface area (Å²) in [5.41, 5.74) is 12.6. The van der Waals surface area contributed by atoms with Crippen LogP contribution < -0.4 is 16.4 Å². The number of carbonyl (C=O) groups excluding carboxylic acids is 1. The van der Waals surface area contributed by atoms with E-state index in [2.05, 4.69) is 27.9 Å². The molecule has 0 spiro atoms. The Morgan fingerprint density at radius 2 is 1.68 bits per heavy atom. The molecule has 1 aliphatic rings. The minimum absolute atomic E-state index is 0.0604. The van der Waals surface area contributed by atoms with Crippen molar-refractivity contribution < 1.29 is 9.18 Å². The number of nitrogens with zero attached hydrogens (tertiary/aromatic N) is 3. The maximum Gasteiger partial charge on any atom is 0.162 e. The molecule has 2 heterocycles. The lowest BCUT2D eigenvalue weighted by Crippen LogP contribution is -2.47. The molecule has 1 aromatic carbocycles. The fourth-order valence-electron chi connectivity index (χ4n) is 3.09. The molecule has 1 aromatic heterocycles. The number of benzene rings is 1. The lowest BCUT2D eigenvalue weighted by molar-refractivity contribution is 0.0974. The van der Waals surface area contributed by atoms with Crippen molar-refractivity contribution >= 4 is 23.1 Å². The van der Waals surface area contributed by atoms with Crippen LogP contribution in [0.1, 0.15) is 23.2 Å². The summed E-state index contributed by atoms with van der Waals surface area (Å²) in [7, 11) is 0. The highest BCUT2D eigenvalue weighted by Gasteiger charge is 2.18. The number of anilines is 3. The molecule has 1 aliphatic heterocycles. The first-order chi connectivity index (χ1) is 13.5. The van der Waals surface area contributed by atoms with Crippen LogP contribution in [0.3, 0.4) is 0 Å². The second-order valence-electron chi connectivity index (χ2n) is 6.51. The van der Waals surface area contributed by atoms with Crippen molar-refractivity contribution in [3.8, 4) is 0 Å². The maximum absolute atomic E-state index is 12.9. The average molecular weight is 385 g/mol. The van der Waals surface area contributed by atoms with Gasteiger partial charge in [0.1, 0.15) is 17.5 Å². The van der Waals surface area contributed by atoms with Crippen molar-refractivity contribution in [1.82, 2.24) is 9.88 Å². The van der Waals surface area contributed by atoms with Crippen molar-refractivity contribution in [2.75, 3.05) is 49.1 Å². The van der Waals surface area contributed by atoms with E-state index in [4.69, 9.17) is 11.5 Å². The summed E-state index contributed by atoms with van der Waals surface area (Å²) in [4.78, 5) is 21.0. The van der Waals surface area contributed by atoms with Crippen LogP contribution in [0.25, 0.3) is 0 Å². The molecule has 1 saturated heterocycles. The summed E-state index contributed by atoms with van der Waals surface area (Å²) in [6.07, 6.45) is 1.27. The molecule has 0 aliphatic carbocycles. The molecule has 0 saturated carbocycles. The third kappa shape index (κ3) is 5.79. The monoisotopic (exact) mass is 385 g/mol. The van der Waals surface area contributed by atoms with E-state index >= 15 is 0 Å². The molecule has 2 aromatic rings. The number of carbonyl (C=O) groups is 1. The number of nitrogen functional groups attached to an aromatic ring is 2. The summed E-state index contributed by atoms with van der Waals surface area (Å²) in [5, 5.41) is 0. The molecule has 0 unspecified atom stereocenters. The standard InChI is InChI=1S/C19H24FN5O.C2H4/c20-15-5-3-14(4-6-15)17(26)2-1-9-24-10-12-25(13-11-24)18-8-7-16(21)19(22)23-18;1-2/h3-8H,1-2,9-13,21H2,(H2,22,23);1-2H2. The Kier molecular flexibility index (Phi) is 7.95. The topological polar surface area (TPSA) is 88.5 Å². The van der Waals surface area contributed by atoms with Crippen LogP contribution in [0, 0.1) is 5.82 Å². The van der Waals surface area contributed by atoms with Crippen LogP contribution >= 0.6 is 0 Å². The SMILES string of the molecule is C=C.Nc1ccc(N2CCN(CCCC(=O)c3ccc(F)cc3)CC2)nc1N. The molecule has 150 valence electrons. The number of aromatic nitrogens is 1. The van der Waals surface area contributed by atoms with E-state index in [1.807, 2.05) is 6.07 Å². The van der Waals surface area contributed by atoms with Crippen molar-refractivity contribution in [2.45, 2.75) is 12.8 Å². The van der Waals surface area contributed by atoms with Gasteiger partial charge in [0, 0.05) is 38.2 Å². The maximum atomic E-state index is 12.9. The molecular weight excluding hydrogens is 357 g/mol. The largest absolute Gasteiger partial charge is 0.396 e. The first-order valence-corrected chi connectivity index (χ1v) is 9.31. The van der Waals surface area contributed by atoms with Crippen LogP contribution in [-0.4, -0.2) is 48.4 Å². The normalized spacial score (nSPS) is 14.2. The first kappa shape index (κ1) is 21.4. The van der Waals surface area contributed by atoms with Gasteiger partial charge in [0.15, 0.2) is 5.78 Å². The Bertz CT molecular complexity index is 773. The molecule has 6 nitrogen and oxygen atoms in total. The predicted octanol–water partition coefficient (Wildman–Crippen LogP) is 2.97. The lowest BCUT2D eigenvalue weighted by atomic mass is 10.1. The van der Waals surface area contributed by atoms with Crippen molar-refractivity contribution in [3.05, 3.63) is 60.9 Å². The Balaban J connectivity index is 0.00000136. The fraction of sp³-hybridized carbons (Fsp3) is 0.333. The summed E-state index contributed by atoms with van der Waals surface area (Å²) < 4.78 is 12.9. The molecular formula is C21H28FN5O. The van der Waals surface area contributed by atoms with Gasteiger partial charge in [0.25, 0.3) is 0 Å². The minimum Gasteiger partial charge on any atom is -0.396 e. The molecule has 0 radical (unpaired) electrons. The number of hydrogen-bond acceptors (Lipinski definition) is 6. The molecule has 0 amide bonds. The van der Waals surface area contributed by atoms with Crippen LogP contribution in [0.4, 0.5) is 21.7 Å². The number of pyridine rings is 1. The second-order valence-corrected chi connectivity index (χ2v) is 6.51. The van der Waals surface area contributed by atoms with Gasteiger partial charge < -0.3 is 16.4 Å². The quantitative estimate of drug-likeness (QED) is 0.587. The second kappa shape index (κ2) is 10.4. The van der Waals surface area contributed by atoms with Gasteiger partial charge in [-0.1, -0.05) is 0 Å². The third-order valence-electron chi connectivity index (χ3n) is 4.68. The Morgan fingerprint density at radius 3 is 2.29 bits per heavy atom. The van der Waals surface area contributed by atoms with Crippen LogP contribution in [0.2, 0.25) is 0 Å². The van der Waals surface area contributed by atoms with E-state index in [0.29, 0.717) is 23.5 Å². The zero-order chi connectivity index (χ0) is 20.5. The molecule has 0 atom stereocenters. The lowest BCUT2D eigenvalue weighted by Gasteiger charge is -2.35. The van der Waals surface area contributed by atoms with E-state index in [0.717, 1.165) is 45.0 Å². The number of halogens is 1. The third-order valence-corrected chi connectivity index (χ3v) is 4.68. The van der Waals surface area contributed by atoms with Gasteiger partial charge in [-0.25, -0.2) is 9.37 Å². The highest BCUT2D eigenvalue weighted by Crippen LogP contribution is 2.19. The summed E-state index contributed by atoms with van der Waals surface area (Å²) in [6, 6.07) is 9.41.